The average molecular weight is 271 g/mol. The number of benzene rings is 2. The summed E-state index contributed by atoms with van der Waals surface area (Å²) in [6, 6.07) is 10.0. The van der Waals surface area contributed by atoms with Gasteiger partial charge in [-0.05, 0) is 24.3 Å². The number of aromatic hydroxyl groups is 1. The summed E-state index contributed by atoms with van der Waals surface area (Å²) in [5.41, 5.74) is 0.330. The van der Waals surface area contributed by atoms with Crippen molar-refractivity contribution in [3.8, 4) is 5.75 Å². The molecule has 0 unspecified atom stereocenters. The Morgan fingerprint density at radius 1 is 1.15 bits per heavy atom. The second-order valence-corrected chi connectivity index (χ2v) is 3.81. The molecule has 2 aromatic rings. The highest BCUT2D eigenvalue weighted by atomic mass is 16.6. The van der Waals surface area contributed by atoms with Gasteiger partial charge in [0.2, 0.25) is 0 Å². The van der Waals surface area contributed by atoms with Crippen molar-refractivity contribution in [2.75, 3.05) is 0 Å². The summed E-state index contributed by atoms with van der Waals surface area (Å²) in [6.07, 6.45) is 0.485. The Morgan fingerprint density at radius 3 is 2.60 bits per heavy atom. The van der Waals surface area contributed by atoms with Crippen LogP contribution in [-0.2, 0) is 0 Å². The van der Waals surface area contributed by atoms with Crippen molar-refractivity contribution in [1.29, 1.82) is 0 Å². The number of aldehydes is 1. The van der Waals surface area contributed by atoms with Crippen LogP contribution in [0.2, 0.25) is 0 Å². The number of para-hydroxylation sites is 1. The second kappa shape index (κ2) is 5.70. The third-order valence-electron chi connectivity index (χ3n) is 2.49. The average Bonchev–Trinajstić information content (AvgIpc) is 2.46. The van der Waals surface area contributed by atoms with Gasteiger partial charge in [0, 0.05) is 6.07 Å². The van der Waals surface area contributed by atoms with Crippen molar-refractivity contribution in [3.05, 3.63) is 58.1 Å². The molecular formula is C13H9N3O4. The van der Waals surface area contributed by atoms with Crippen LogP contribution >= 0.6 is 0 Å². The lowest BCUT2D eigenvalue weighted by molar-refractivity contribution is -0.384. The summed E-state index contributed by atoms with van der Waals surface area (Å²) in [4.78, 5) is 20.9. The quantitative estimate of drug-likeness (QED) is 0.397. The van der Waals surface area contributed by atoms with Crippen molar-refractivity contribution in [2.45, 2.75) is 0 Å². The van der Waals surface area contributed by atoms with Gasteiger partial charge < -0.3 is 5.11 Å². The van der Waals surface area contributed by atoms with Crippen LogP contribution in [0.25, 0.3) is 0 Å². The topological polar surface area (TPSA) is 105 Å². The summed E-state index contributed by atoms with van der Waals surface area (Å²) in [5.74, 6) is -0.162. The zero-order valence-electron chi connectivity index (χ0n) is 10.1. The largest absolute Gasteiger partial charge is 0.507 e. The van der Waals surface area contributed by atoms with Gasteiger partial charge in [0.1, 0.15) is 5.75 Å². The number of nitrogens with zero attached hydrogens (tertiary/aromatic N) is 3. The molecule has 7 nitrogen and oxygen atoms in total. The van der Waals surface area contributed by atoms with Gasteiger partial charge >= 0.3 is 0 Å². The Morgan fingerprint density at radius 2 is 1.90 bits per heavy atom. The molecule has 0 heterocycles. The normalized spacial score (nSPS) is 10.6. The molecule has 2 aromatic carbocycles. The Labute approximate surface area is 113 Å². The minimum Gasteiger partial charge on any atom is -0.507 e. The summed E-state index contributed by atoms with van der Waals surface area (Å²) >= 11 is 0. The lowest BCUT2D eigenvalue weighted by Crippen LogP contribution is -1.87. The van der Waals surface area contributed by atoms with Crippen molar-refractivity contribution >= 4 is 23.3 Å². The zero-order valence-corrected chi connectivity index (χ0v) is 10.1. The molecule has 0 radical (unpaired) electrons. The molecule has 100 valence electrons. The molecule has 7 heteroatoms. The van der Waals surface area contributed by atoms with E-state index in [1.165, 1.54) is 36.4 Å². The molecule has 0 amide bonds. The summed E-state index contributed by atoms with van der Waals surface area (Å²) < 4.78 is 0. The molecule has 0 atom stereocenters. The minimum atomic E-state index is -0.554. The molecule has 20 heavy (non-hydrogen) atoms. The lowest BCUT2D eigenvalue weighted by Gasteiger charge is -1.98. The molecule has 1 N–H and O–H groups in total. The number of hydrogen-bond acceptors (Lipinski definition) is 6. The van der Waals surface area contributed by atoms with Gasteiger partial charge in [-0.15, -0.1) is 5.11 Å². The predicted molar refractivity (Wildman–Crippen MR) is 70.8 cm³/mol. The van der Waals surface area contributed by atoms with Crippen LogP contribution in [0.1, 0.15) is 10.4 Å². The number of carbonyl (C=O) groups is 1. The third kappa shape index (κ3) is 2.83. The molecule has 0 fully saturated rings. The van der Waals surface area contributed by atoms with E-state index < -0.39 is 4.92 Å². The van der Waals surface area contributed by atoms with Gasteiger partial charge in [-0.1, -0.05) is 12.1 Å². The van der Waals surface area contributed by atoms with Gasteiger partial charge in [0.05, 0.1) is 16.2 Å². The Kier molecular flexibility index (Phi) is 3.80. The summed E-state index contributed by atoms with van der Waals surface area (Å²) in [7, 11) is 0. The predicted octanol–water partition coefficient (Wildman–Crippen LogP) is 3.53. The maximum absolute atomic E-state index is 10.8. The number of azo groups is 1. The first-order chi connectivity index (χ1) is 9.61. The van der Waals surface area contributed by atoms with Crippen LogP contribution in [0.4, 0.5) is 17.1 Å². The van der Waals surface area contributed by atoms with Crippen molar-refractivity contribution in [3.63, 3.8) is 0 Å². The van der Waals surface area contributed by atoms with E-state index in [0.717, 1.165) is 0 Å². The Hall–Kier alpha value is -3.09. The number of nitro benzene ring substituents is 1. The number of nitro groups is 1. The van der Waals surface area contributed by atoms with Gasteiger partial charge in [-0.3, -0.25) is 14.9 Å². The molecular weight excluding hydrogens is 262 g/mol. The smallest absolute Gasteiger partial charge is 0.296 e. The molecule has 0 bridgehead atoms. The van der Waals surface area contributed by atoms with Crippen LogP contribution in [0.3, 0.4) is 0 Å². The molecule has 2 rings (SSSR count). The molecule has 0 spiro atoms. The lowest BCUT2D eigenvalue weighted by atomic mass is 10.2. The van der Waals surface area contributed by atoms with Gasteiger partial charge in [-0.25, -0.2) is 0 Å². The van der Waals surface area contributed by atoms with Crippen LogP contribution in [0.15, 0.2) is 52.7 Å². The SMILES string of the molecule is O=Cc1cc(N=Nc2ccccc2[N+](=O)[O-])ccc1O. The van der Waals surface area contributed by atoms with Crippen molar-refractivity contribution < 1.29 is 14.8 Å². The highest BCUT2D eigenvalue weighted by Gasteiger charge is 2.11. The molecule has 0 aliphatic rings. The number of phenolic OH excluding ortho intramolecular Hbond substituents is 1. The molecule has 0 aromatic heterocycles. The maximum Gasteiger partial charge on any atom is 0.296 e. The van der Waals surface area contributed by atoms with E-state index in [4.69, 9.17) is 0 Å². The minimum absolute atomic E-state index is 0.0732. The van der Waals surface area contributed by atoms with E-state index in [-0.39, 0.29) is 22.7 Å². The van der Waals surface area contributed by atoms with E-state index in [1.54, 1.807) is 6.07 Å². The second-order valence-electron chi connectivity index (χ2n) is 3.81. The number of carbonyl (C=O) groups excluding carboxylic acids is 1. The third-order valence-corrected chi connectivity index (χ3v) is 2.49. The molecule has 0 aliphatic carbocycles. The van der Waals surface area contributed by atoms with E-state index >= 15 is 0 Å². The maximum atomic E-state index is 10.8. The first-order valence-electron chi connectivity index (χ1n) is 5.55. The number of phenols is 1. The fourth-order valence-electron chi connectivity index (χ4n) is 1.51. The van der Waals surface area contributed by atoms with E-state index in [9.17, 15) is 20.0 Å². The monoisotopic (exact) mass is 271 g/mol. The van der Waals surface area contributed by atoms with E-state index in [2.05, 4.69) is 10.2 Å². The first kappa shape index (κ1) is 13.3. The first-order valence-corrected chi connectivity index (χ1v) is 5.55. The highest BCUT2D eigenvalue weighted by Crippen LogP contribution is 2.29. The van der Waals surface area contributed by atoms with Gasteiger partial charge in [0.15, 0.2) is 12.0 Å². The van der Waals surface area contributed by atoms with E-state index in [1.807, 2.05) is 0 Å². The Bertz CT molecular complexity index is 698. The van der Waals surface area contributed by atoms with Gasteiger partial charge in [0.25, 0.3) is 5.69 Å². The molecule has 0 saturated heterocycles. The number of hydrogen-bond donors (Lipinski definition) is 1. The standard InChI is InChI=1S/C13H9N3O4/c17-8-9-7-10(5-6-13(9)18)14-15-11-3-1-2-4-12(11)16(19)20/h1-8,18H. The van der Waals surface area contributed by atoms with E-state index in [0.29, 0.717) is 12.0 Å². The van der Waals surface area contributed by atoms with Crippen molar-refractivity contribution in [2.24, 2.45) is 10.2 Å². The van der Waals surface area contributed by atoms with Crippen LogP contribution in [0.5, 0.6) is 5.75 Å². The highest BCUT2D eigenvalue weighted by molar-refractivity contribution is 5.80. The molecule has 0 saturated carbocycles. The van der Waals surface area contributed by atoms with Gasteiger partial charge in [-0.2, -0.15) is 5.11 Å². The zero-order chi connectivity index (χ0) is 14.5. The number of rotatable bonds is 4. The van der Waals surface area contributed by atoms with Crippen LogP contribution in [-0.4, -0.2) is 16.3 Å². The molecule has 0 aliphatic heterocycles. The fraction of sp³-hybridized carbons (Fsp3) is 0. The Balaban J connectivity index is 2.35. The van der Waals surface area contributed by atoms with Crippen LogP contribution < -0.4 is 0 Å². The van der Waals surface area contributed by atoms with Crippen molar-refractivity contribution in [1.82, 2.24) is 0 Å². The van der Waals surface area contributed by atoms with Crippen LogP contribution in [0, 0.1) is 10.1 Å². The summed E-state index contributed by atoms with van der Waals surface area (Å²) in [6.45, 7) is 0. The fourth-order valence-corrected chi connectivity index (χ4v) is 1.51. The summed E-state index contributed by atoms with van der Waals surface area (Å²) in [5, 5.41) is 27.8.